The third-order valence-corrected chi connectivity index (χ3v) is 5.22. The van der Waals surface area contributed by atoms with Crippen molar-refractivity contribution in [2.75, 3.05) is 23.7 Å². The molecule has 0 spiro atoms. The Morgan fingerprint density at radius 2 is 1.93 bits per heavy atom. The summed E-state index contributed by atoms with van der Waals surface area (Å²) < 4.78 is 0. The number of thioether (sulfide) groups is 1. The Morgan fingerprint density at radius 1 is 1.25 bits per heavy atom. The van der Waals surface area contributed by atoms with E-state index in [9.17, 15) is 24.6 Å². The molecule has 1 unspecified atom stereocenters. The van der Waals surface area contributed by atoms with Crippen molar-refractivity contribution in [3.63, 3.8) is 0 Å². The van der Waals surface area contributed by atoms with Crippen molar-refractivity contribution in [3.8, 4) is 0 Å². The molecular weight excluding hydrogens is 518 g/mol. The Balaban J connectivity index is 0.00000364. The summed E-state index contributed by atoms with van der Waals surface area (Å²) in [4.78, 5) is 37.6. The number of amides is 1. The number of carboxylic acids is 2. The number of carbonyl (C=O) groups is 3. The van der Waals surface area contributed by atoms with Crippen molar-refractivity contribution in [1.82, 2.24) is 5.32 Å². The molecule has 8 nitrogen and oxygen atoms in total. The van der Waals surface area contributed by atoms with Gasteiger partial charge in [-0.15, -0.1) is 45.7 Å². The fraction of sp³-hybridized carbons (Fsp3) is 0.471. The lowest BCUT2D eigenvalue weighted by atomic mass is 10.1. The largest absolute Gasteiger partial charge is 0.480 e. The van der Waals surface area contributed by atoms with E-state index in [1.54, 1.807) is 12.1 Å². The first-order valence-corrected chi connectivity index (χ1v) is 9.36. The molecule has 28 heavy (non-hydrogen) atoms. The van der Waals surface area contributed by atoms with Crippen LogP contribution in [0, 0.1) is 0 Å². The number of para-hydroxylation sites is 1. The number of anilines is 1. The first-order chi connectivity index (χ1) is 12.4. The van der Waals surface area contributed by atoms with Crippen LogP contribution in [0.1, 0.15) is 19.3 Å². The lowest BCUT2D eigenvalue weighted by molar-refractivity contribution is -0.140. The van der Waals surface area contributed by atoms with Crippen molar-refractivity contribution in [1.29, 1.82) is 0 Å². The summed E-state index contributed by atoms with van der Waals surface area (Å²) in [7, 11) is 0. The van der Waals surface area contributed by atoms with Crippen molar-refractivity contribution in [3.05, 3.63) is 24.3 Å². The maximum absolute atomic E-state index is 12.9. The zero-order chi connectivity index (χ0) is 19.1. The molecule has 0 radical (unpaired) electrons. The lowest BCUT2D eigenvalue weighted by Crippen LogP contribution is -2.53. The summed E-state index contributed by atoms with van der Waals surface area (Å²) in [5, 5.41) is 21.5. The third-order valence-electron chi connectivity index (χ3n) is 4.07. The highest BCUT2D eigenvalue weighted by Gasteiger charge is 2.34. The number of nitrogens with zero attached hydrogens (tertiary/aromatic N) is 1. The van der Waals surface area contributed by atoms with E-state index in [2.05, 4.69) is 5.32 Å². The number of nitrogens with one attached hydrogen (secondary N) is 1. The van der Waals surface area contributed by atoms with Gasteiger partial charge < -0.3 is 15.9 Å². The van der Waals surface area contributed by atoms with Gasteiger partial charge in [0.15, 0.2) is 0 Å². The summed E-state index contributed by atoms with van der Waals surface area (Å²) in [6, 6.07) is 5.40. The number of carbonyl (C=O) groups excluding carboxylic acids is 1. The van der Waals surface area contributed by atoms with E-state index >= 15 is 0 Å². The summed E-state index contributed by atoms with van der Waals surface area (Å²) in [5.74, 6) is -2.27. The monoisotopic (exact) mass is 541 g/mol. The average molecular weight is 543 g/mol. The van der Waals surface area contributed by atoms with Gasteiger partial charge in [-0.05, 0) is 31.5 Å². The minimum absolute atomic E-state index is 0. The second kappa shape index (κ2) is 13.2. The molecule has 0 aromatic heterocycles. The average Bonchev–Trinajstić information content (AvgIpc) is 2.72. The number of halogens is 2. The Kier molecular flexibility index (Phi) is 12.6. The summed E-state index contributed by atoms with van der Waals surface area (Å²) in [5.41, 5.74) is 5.98. The first kappa shape index (κ1) is 26.9. The van der Waals surface area contributed by atoms with E-state index in [0.717, 1.165) is 4.90 Å². The van der Waals surface area contributed by atoms with Gasteiger partial charge in [0.25, 0.3) is 0 Å². The zero-order valence-electron chi connectivity index (χ0n) is 15.1. The Bertz CT molecular complexity index is 680. The molecule has 0 fully saturated rings. The predicted molar refractivity (Wildman–Crippen MR) is 119 cm³/mol. The Morgan fingerprint density at radius 3 is 2.54 bits per heavy atom. The number of benzene rings is 1. The van der Waals surface area contributed by atoms with Crippen molar-refractivity contribution >= 4 is 69.3 Å². The van der Waals surface area contributed by atoms with Crippen LogP contribution in [-0.2, 0) is 14.4 Å². The molecule has 2 atom stereocenters. The van der Waals surface area contributed by atoms with Crippen molar-refractivity contribution in [2.45, 2.75) is 36.2 Å². The Hall–Kier alpha value is -1.14. The minimum Gasteiger partial charge on any atom is -0.480 e. The van der Waals surface area contributed by atoms with Gasteiger partial charge in [0.1, 0.15) is 12.6 Å². The molecule has 11 heteroatoms. The highest BCUT2D eigenvalue weighted by molar-refractivity contribution is 8.93. The van der Waals surface area contributed by atoms with Crippen LogP contribution in [0.4, 0.5) is 5.69 Å². The van der Waals surface area contributed by atoms with Gasteiger partial charge in [-0.2, -0.15) is 0 Å². The van der Waals surface area contributed by atoms with Crippen LogP contribution in [0.5, 0.6) is 0 Å². The molecule has 0 saturated carbocycles. The number of rotatable bonds is 9. The number of carboxylic acid groups (broad SMARTS) is 2. The molecule has 5 N–H and O–H groups in total. The minimum atomic E-state index is -1.13. The molecule has 0 saturated heterocycles. The van der Waals surface area contributed by atoms with Gasteiger partial charge in [0.05, 0.1) is 11.7 Å². The third kappa shape index (κ3) is 7.36. The van der Waals surface area contributed by atoms with Crippen LogP contribution in [-0.4, -0.2) is 59.0 Å². The van der Waals surface area contributed by atoms with Gasteiger partial charge in [-0.25, -0.2) is 0 Å². The van der Waals surface area contributed by atoms with Gasteiger partial charge in [-0.3, -0.25) is 24.6 Å². The SMILES string of the molecule is Br.Br.NCCCCC(N[C@H]1CSc2ccccc2N(CC(=O)O)C1=O)C(=O)O. The van der Waals surface area contributed by atoms with Crippen LogP contribution in [0.3, 0.4) is 0 Å². The second-order valence-electron chi connectivity index (χ2n) is 5.99. The molecule has 1 aliphatic heterocycles. The maximum atomic E-state index is 12.9. The van der Waals surface area contributed by atoms with Crippen LogP contribution in [0.15, 0.2) is 29.2 Å². The van der Waals surface area contributed by atoms with E-state index in [1.807, 2.05) is 12.1 Å². The first-order valence-electron chi connectivity index (χ1n) is 8.38. The van der Waals surface area contributed by atoms with Crippen LogP contribution >= 0.6 is 45.7 Å². The second-order valence-corrected chi connectivity index (χ2v) is 7.05. The van der Waals surface area contributed by atoms with Gasteiger partial charge >= 0.3 is 11.9 Å². The van der Waals surface area contributed by atoms with Gasteiger partial charge in [0, 0.05) is 10.6 Å². The van der Waals surface area contributed by atoms with Crippen LogP contribution in [0.25, 0.3) is 0 Å². The number of fused-ring (bicyclic) bond motifs is 1. The quantitative estimate of drug-likeness (QED) is 0.348. The molecule has 2 rings (SSSR count). The molecule has 1 aromatic carbocycles. The summed E-state index contributed by atoms with van der Waals surface area (Å²) in [6.07, 6.45) is 1.69. The standard InChI is InChI=1S/C17H23N3O5S.2BrH/c18-8-4-3-5-11(17(24)25)19-12-10-26-14-7-2-1-6-13(14)20(16(12)23)9-15(21)22;;/h1-2,6-7,11-12,19H,3-5,8-10,18H2,(H,21,22)(H,24,25);2*1H/t11?,12-;;/m0../s1. The Labute approximate surface area is 188 Å². The van der Waals surface area contributed by atoms with Crippen molar-refractivity contribution in [2.24, 2.45) is 5.73 Å². The molecule has 1 aliphatic rings. The fourth-order valence-corrected chi connectivity index (χ4v) is 3.87. The van der Waals surface area contributed by atoms with E-state index < -0.39 is 36.5 Å². The molecule has 1 heterocycles. The van der Waals surface area contributed by atoms with Crippen molar-refractivity contribution < 1.29 is 24.6 Å². The van der Waals surface area contributed by atoms with Crippen LogP contribution < -0.4 is 16.0 Å². The topological polar surface area (TPSA) is 133 Å². The molecule has 158 valence electrons. The molecule has 0 aliphatic carbocycles. The fourth-order valence-electron chi connectivity index (χ4n) is 2.78. The smallest absolute Gasteiger partial charge is 0.323 e. The number of nitrogens with two attached hydrogens (primary N) is 1. The lowest BCUT2D eigenvalue weighted by Gasteiger charge is -2.26. The number of aliphatic carboxylic acids is 2. The van der Waals surface area contributed by atoms with E-state index in [-0.39, 0.29) is 34.0 Å². The highest BCUT2D eigenvalue weighted by atomic mass is 79.9. The maximum Gasteiger partial charge on any atom is 0.323 e. The predicted octanol–water partition coefficient (Wildman–Crippen LogP) is 1.91. The molecule has 1 aromatic rings. The number of hydrogen-bond acceptors (Lipinski definition) is 6. The van der Waals surface area contributed by atoms with Gasteiger partial charge in [0.2, 0.25) is 5.91 Å². The van der Waals surface area contributed by atoms with Crippen LogP contribution in [0.2, 0.25) is 0 Å². The molecule has 0 bridgehead atoms. The molecular formula is C17H25Br2N3O5S. The number of unbranched alkanes of at least 4 members (excludes halogenated alkanes) is 1. The van der Waals surface area contributed by atoms with Gasteiger partial charge in [-0.1, -0.05) is 18.6 Å². The van der Waals surface area contributed by atoms with E-state index in [1.165, 1.54) is 16.7 Å². The molecule has 1 amide bonds. The summed E-state index contributed by atoms with van der Waals surface area (Å²) >= 11 is 1.40. The van der Waals surface area contributed by atoms with E-state index in [0.29, 0.717) is 37.2 Å². The zero-order valence-corrected chi connectivity index (χ0v) is 19.3. The normalized spacial score (nSPS) is 16.8. The summed E-state index contributed by atoms with van der Waals surface area (Å²) in [6.45, 7) is 0.00570. The highest BCUT2D eigenvalue weighted by Crippen LogP contribution is 2.34. The number of hydrogen-bond donors (Lipinski definition) is 4. The van der Waals surface area contributed by atoms with E-state index in [4.69, 9.17) is 5.73 Å².